The summed E-state index contributed by atoms with van der Waals surface area (Å²) >= 11 is 0. The van der Waals surface area contributed by atoms with E-state index in [2.05, 4.69) is 4.72 Å². The number of rotatable bonds is 4. The Kier molecular flexibility index (Phi) is 3.99. The van der Waals surface area contributed by atoms with Crippen molar-refractivity contribution in [2.75, 3.05) is 4.72 Å². The molecule has 0 heterocycles. The van der Waals surface area contributed by atoms with E-state index in [1.54, 1.807) is 12.1 Å². The molecule has 0 radical (unpaired) electrons. The normalized spacial score (nSPS) is 11.1. The second-order valence-electron chi connectivity index (χ2n) is 4.81. The maximum atomic E-state index is 12.3. The van der Waals surface area contributed by atoms with E-state index in [1.807, 2.05) is 19.9 Å². The van der Waals surface area contributed by atoms with E-state index in [4.69, 9.17) is 5.11 Å². The molecule has 2 aromatic rings. The SMILES string of the molecule is Cc1cc(C)cc(S(=O)(=O)Nc2ccc(C(=O)O)cc2)c1. The van der Waals surface area contributed by atoms with Crippen molar-refractivity contribution in [3.8, 4) is 0 Å². The Hall–Kier alpha value is -2.34. The van der Waals surface area contributed by atoms with Crippen LogP contribution >= 0.6 is 0 Å². The molecular weight excluding hydrogens is 290 g/mol. The molecule has 0 saturated carbocycles. The molecule has 0 aliphatic heterocycles. The third kappa shape index (κ3) is 3.61. The number of sulfonamides is 1. The maximum Gasteiger partial charge on any atom is 0.335 e. The van der Waals surface area contributed by atoms with Crippen molar-refractivity contribution in [1.29, 1.82) is 0 Å². The first-order chi connectivity index (χ1) is 9.78. The summed E-state index contributed by atoms with van der Waals surface area (Å²) in [5.74, 6) is -1.06. The van der Waals surface area contributed by atoms with Gasteiger partial charge >= 0.3 is 5.97 Å². The van der Waals surface area contributed by atoms with Gasteiger partial charge in [0.05, 0.1) is 10.5 Å². The summed E-state index contributed by atoms with van der Waals surface area (Å²) in [6.07, 6.45) is 0. The van der Waals surface area contributed by atoms with Gasteiger partial charge < -0.3 is 5.11 Å². The quantitative estimate of drug-likeness (QED) is 0.909. The molecule has 110 valence electrons. The largest absolute Gasteiger partial charge is 0.478 e. The fraction of sp³-hybridized carbons (Fsp3) is 0.133. The van der Waals surface area contributed by atoms with Gasteiger partial charge in [-0.25, -0.2) is 13.2 Å². The Morgan fingerprint density at radius 3 is 2.00 bits per heavy atom. The van der Waals surface area contributed by atoms with E-state index >= 15 is 0 Å². The third-order valence-electron chi connectivity index (χ3n) is 2.89. The van der Waals surface area contributed by atoms with Gasteiger partial charge in [-0.3, -0.25) is 4.72 Å². The summed E-state index contributed by atoms with van der Waals surface area (Å²) in [4.78, 5) is 10.9. The lowest BCUT2D eigenvalue weighted by atomic mass is 10.2. The number of aromatic carboxylic acids is 1. The predicted molar refractivity (Wildman–Crippen MR) is 80.1 cm³/mol. The fourth-order valence-corrected chi connectivity index (χ4v) is 3.23. The van der Waals surface area contributed by atoms with Crippen molar-refractivity contribution in [1.82, 2.24) is 0 Å². The van der Waals surface area contributed by atoms with E-state index < -0.39 is 16.0 Å². The highest BCUT2D eigenvalue weighted by Gasteiger charge is 2.15. The number of hydrogen-bond acceptors (Lipinski definition) is 3. The summed E-state index contributed by atoms with van der Waals surface area (Å²) in [5.41, 5.74) is 2.14. The van der Waals surface area contributed by atoms with Crippen LogP contribution in [0.15, 0.2) is 47.4 Å². The predicted octanol–water partition coefficient (Wildman–Crippen LogP) is 2.80. The number of carbonyl (C=O) groups is 1. The van der Waals surface area contributed by atoms with Crippen LogP contribution in [0.25, 0.3) is 0 Å². The van der Waals surface area contributed by atoms with E-state index in [-0.39, 0.29) is 10.5 Å². The first-order valence-electron chi connectivity index (χ1n) is 6.22. The standard InChI is InChI=1S/C15H15NO4S/c1-10-7-11(2)9-14(8-10)21(19,20)16-13-5-3-12(4-6-13)15(17)18/h3-9,16H,1-2H3,(H,17,18). The first kappa shape index (κ1) is 15.1. The lowest BCUT2D eigenvalue weighted by Gasteiger charge is -2.10. The summed E-state index contributed by atoms with van der Waals surface area (Å²) in [6, 6.07) is 10.6. The van der Waals surface area contributed by atoms with Gasteiger partial charge in [0.25, 0.3) is 10.0 Å². The van der Waals surface area contributed by atoms with Crippen LogP contribution in [0.2, 0.25) is 0 Å². The van der Waals surface area contributed by atoms with Crippen LogP contribution < -0.4 is 4.72 Å². The van der Waals surface area contributed by atoms with Crippen molar-refractivity contribution in [3.05, 3.63) is 59.2 Å². The molecule has 5 nitrogen and oxygen atoms in total. The third-order valence-corrected chi connectivity index (χ3v) is 4.25. The zero-order chi connectivity index (χ0) is 15.6. The molecule has 21 heavy (non-hydrogen) atoms. The van der Waals surface area contributed by atoms with E-state index in [0.717, 1.165) is 11.1 Å². The Balaban J connectivity index is 2.30. The molecule has 0 atom stereocenters. The molecule has 2 rings (SSSR count). The van der Waals surface area contributed by atoms with Crippen LogP contribution in [-0.4, -0.2) is 19.5 Å². The van der Waals surface area contributed by atoms with E-state index in [0.29, 0.717) is 5.69 Å². The van der Waals surface area contributed by atoms with Crippen molar-refractivity contribution < 1.29 is 18.3 Å². The lowest BCUT2D eigenvalue weighted by molar-refractivity contribution is 0.0697. The Morgan fingerprint density at radius 2 is 1.52 bits per heavy atom. The molecule has 0 unspecified atom stereocenters. The highest BCUT2D eigenvalue weighted by atomic mass is 32.2. The number of carboxylic acids is 1. The minimum absolute atomic E-state index is 0.101. The van der Waals surface area contributed by atoms with Crippen molar-refractivity contribution >= 4 is 21.7 Å². The molecular formula is C15H15NO4S. The minimum Gasteiger partial charge on any atom is -0.478 e. The van der Waals surface area contributed by atoms with Crippen LogP contribution in [0.5, 0.6) is 0 Å². The molecule has 0 spiro atoms. The monoisotopic (exact) mass is 305 g/mol. The van der Waals surface area contributed by atoms with Gasteiger partial charge in [0.2, 0.25) is 0 Å². The summed E-state index contributed by atoms with van der Waals surface area (Å²) in [5, 5.41) is 8.81. The molecule has 0 aromatic heterocycles. The van der Waals surface area contributed by atoms with Crippen molar-refractivity contribution in [2.45, 2.75) is 18.7 Å². The van der Waals surface area contributed by atoms with Gasteiger partial charge in [-0.1, -0.05) is 6.07 Å². The average Bonchev–Trinajstić information content (AvgIpc) is 2.37. The smallest absolute Gasteiger partial charge is 0.335 e. The highest BCUT2D eigenvalue weighted by Crippen LogP contribution is 2.19. The van der Waals surface area contributed by atoms with Gasteiger partial charge in [0.1, 0.15) is 0 Å². The Bertz CT molecular complexity index is 760. The summed E-state index contributed by atoms with van der Waals surface area (Å²) in [6.45, 7) is 3.65. The average molecular weight is 305 g/mol. The van der Waals surface area contributed by atoms with Crippen LogP contribution in [0.1, 0.15) is 21.5 Å². The topological polar surface area (TPSA) is 83.5 Å². The number of benzene rings is 2. The molecule has 2 N–H and O–H groups in total. The Morgan fingerprint density at radius 1 is 1.00 bits per heavy atom. The summed E-state index contributed by atoms with van der Waals surface area (Å²) < 4.78 is 27.0. The van der Waals surface area contributed by atoms with Gasteiger partial charge in [-0.2, -0.15) is 0 Å². The van der Waals surface area contributed by atoms with Crippen LogP contribution in [0.4, 0.5) is 5.69 Å². The maximum absolute atomic E-state index is 12.3. The van der Waals surface area contributed by atoms with Gasteiger partial charge in [-0.15, -0.1) is 0 Å². The lowest BCUT2D eigenvalue weighted by Crippen LogP contribution is -2.13. The molecule has 0 fully saturated rings. The molecule has 0 amide bonds. The number of hydrogen-bond donors (Lipinski definition) is 2. The molecule has 0 saturated heterocycles. The minimum atomic E-state index is -3.69. The molecule has 0 aliphatic carbocycles. The summed E-state index contributed by atoms with van der Waals surface area (Å²) in [7, 11) is -3.69. The molecule has 6 heteroatoms. The van der Waals surface area contributed by atoms with E-state index in [9.17, 15) is 13.2 Å². The van der Waals surface area contributed by atoms with Gasteiger partial charge in [-0.05, 0) is 61.4 Å². The van der Waals surface area contributed by atoms with Crippen molar-refractivity contribution in [2.24, 2.45) is 0 Å². The van der Waals surface area contributed by atoms with Gasteiger partial charge in [0, 0.05) is 5.69 Å². The number of aryl methyl sites for hydroxylation is 2. The van der Waals surface area contributed by atoms with Crippen LogP contribution in [-0.2, 0) is 10.0 Å². The number of carboxylic acid groups (broad SMARTS) is 1. The second-order valence-corrected chi connectivity index (χ2v) is 6.49. The van der Waals surface area contributed by atoms with Crippen LogP contribution in [0.3, 0.4) is 0 Å². The van der Waals surface area contributed by atoms with E-state index in [1.165, 1.54) is 24.3 Å². The number of anilines is 1. The Labute approximate surface area is 123 Å². The number of nitrogens with one attached hydrogen (secondary N) is 1. The first-order valence-corrected chi connectivity index (χ1v) is 7.71. The van der Waals surface area contributed by atoms with Crippen LogP contribution in [0, 0.1) is 13.8 Å². The zero-order valence-corrected chi connectivity index (χ0v) is 12.4. The molecule has 0 aliphatic rings. The highest BCUT2D eigenvalue weighted by molar-refractivity contribution is 7.92. The molecule has 2 aromatic carbocycles. The van der Waals surface area contributed by atoms with Crippen molar-refractivity contribution in [3.63, 3.8) is 0 Å². The zero-order valence-electron chi connectivity index (χ0n) is 11.6. The molecule has 0 bridgehead atoms. The fourth-order valence-electron chi connectivity index (χ4n) is 1.98. The van der Waals surface area contributed by atoms with Gasteiger partial charge in [0.15, 0.2) is 0 Å². The second kappa shape index (κ2) is 5.57.